The minimum atomic E-state index is -3.46. The van der Waals surface area contributed by atoms with Crippen molar-refractivity contribution in [2.24, 2.45) is 0 Å². The highest BCUT2D eigenvalue weighted by Crippen LogP contribution is 2.22. The van der Waals surface area contributed by atoms with Crippen molar-refractivity contribution in [2.45, 2.75) is 43.5 Å². The van der Waals surface area contributed by atoms with Crippen LogP contribution in [0.4, 0.5) is 5.69 Å². The molecule has 144 valence electrons. The summed E-state index contributed by atoms with van der Waals surface area (Å²) < 4.78 is 32.0. The average molecular weight is 398 g/mol. The van der Waals surface area contributed by atoms with E-state index in [1.54, 1.807) is 24.3 Å². The number of hydrogen-bond acceptors (Lipinski definition) is 4. The van der Waals surface area contributed by atoms with E-state index in [1.165, 1.54) is 17.1 Å². The molecule has 0 aliphatic carbocycles. The molecule has 0 saturated carbocycles. The van der Waals surface area contributed by atoms with Crippen LogP contribution in [0.25, 0.3) is 0 Å². The number of morpholine rings is 1. The first-order valence-electron chi connectivity index (χ1n) is 9.28. The predicted octanol–water partition coefficient (Wildman–Crippen LogP) is 2.67. The molecule has 1 aromatic carbocycles. The van der Waals surface area contributed by atoms with E-state index >= 15 is 0 Å². The Balaban J connectivity index is 1.66. The van der Waals surface area contributed by atoms with Crippen LogP contribution in [0.3, 0.4) is 0 Å². The summed E-state index contributed by atoms with van der Waals surface area (Å²) in [6.45, 7) is 4.87. The van der Waals surface area contributed by atoms with Gasteiger partial charge in [0, 0.05) is 31.4 Å². The number of rotatable bonds is 4. The van der Waals surface area contributed by atoms with E-state index in [2.05, 4.69) is 17.1 Å². The lowest BCUT2D eigenvalue weighted by atomic mass is 10.0. The SMILES string of the molecule is CCC1CCCCN1C(=S)Nc1ccc(S(=O)(=O)N2CCOCC2)cc1. The third-order valence-electron chi connectivity index (χ3n) is 5.07. The second-order valence-electron chi connectivity index (χ2n) is 6.72. The van der Waals surface area contributed by atoms with Crippen LogP contribution < -0.4 is 5.32 Å². The van der Waals surface area contributed by atoms with E-state index < -0.39 is 10.0 Å². The first kappa shape index (κ1) is 19.5. The maximum absolute atomic E-state index is 12.7. The van der Waals surface area contributed by atoms with Crippen LogP contribution in [-0.2, 0) is 14.8 Å². The van der Waals surface area contributed by atoms with Crippen LogP contribution >= 0.6 is 12.2 Å². The zero-order chi connectivity index (χ0) is 18.6. The fourth-order valence-electron chi connectivity index (χ4n) is 3.53. The van der Waals surface area contributed by atoms with Crippen LogP contribution in [0.1, 0.15) is 32.6 Å². The summed E-state index contributed by atoms with van der Waals surface area (Å²) in [4.78, 5) is 2.57. The molecule has 8 heteroatoms. The molecule has 0 radical (unpaired) electrons. The molecule has 2 saturated heterocycles. The Labute approximate surface area is 161 Å². The van der Waals surface area contributed by atoms with Gasteiger partial charge in [-0.1, -0.05) is 6.92 Å². The van der Waals surface area contributed by atoms with Crippen molar-refractivity contribution in [1.29, 1.82) is 0 Å². The van der Waals surface area contributed by atoms with E-state index in [4.69, 9.17) is 17.0 Å². The van der Waals surface area contributed by atoms with Crippen molar-refractivity contribution in [2.75, 3.05) is 38.2 Å². The molecule has 2 aliphatic rings. The van der Waals surface area contributed by atoms with Gasteiger partial charge in [-0.3, -0.25) is 0 Å². The molecule has 0 amide bonds. The highest BCUT2D eigenvalue weighted by atomic mass is 32.2. The number of thiocarbonyl (C=S) groups is 1. The van der Waals surface area contributed by atoms with Crippen molar-refractivity contribution in [3.63, 3.8) is 0 Å². The van der Waals surface area contributed by atoms with Crippen LogP contribution in [-0.4, -0.2) is 61.6 Å². The third kappa shape index (κ3) is 4.36. The maximum atomic E-state index is 12.7. The molecule has 26 heavy (non-hydrogen) atoms. The Bertz CT molecular complexity index is 716. The molecule has 0 spiro atoms. The summed E-state index contributed by atoms with van der Waals surface area (Å²) in [5.74, 6) is 0. The summed E-state index contributed by atoms with van der Waals surface area (Å²) in [5.41, 5.74) is 0.816. The topological polar surface area (TPSA) is 61.9 Å². The molecule has 0 bridgehead atoms. The summed E-state index contributed by atoms with van der Waals surface area (Å²) in [6.07, 6.45) is 4.67. The summed E-state index contributed by atoms with van der Waals surface area (Å²) in [7, 11) is -3.46. The van der Waals surface area contributed by atoms with Crippen LogP contribution in [0.5, 0.6) is 0 Å². The Hall–Kier alpha value is -1.22. The van der Waals surface area contributed by atoms with E-state index in [9.17, 15) is 8.42 Å². The number of piperidine rings is 1. The van der Waals surface area contributed by atoms with Gasteiger partial charge in [0.25, 0.3) is 0 Å². The average Bonchev–Trinajstić information content (AvgIpc) is 2.69. The maximum Gasteiger partial charge on any atom is 0.243 e. The van der Waals surface area contributed by atoms with Gasteiger partial charge in [-0.15, -0.1) is 0 Å². The van der Waals surface area contributed by atoms with E-state index in [1.807, 2.05) is 0 Å². The molecule has 3 rings (SSSR count). The van der Waals surface area contributed by atoms with Crippen LogP contribution in [0, 0.1) is 0 Å². The number of anilines is 1. The lowest BCUT2D eigenvalue weighted by Crippen LogP contribution is -2.45. The van der Waals surface area contributed by atoms with Crippen LogP contribution in [0.15, 0.2) is 29.2 Å². The van der Waals surface area contributed by atoms with E-state index in [0.29, 0.717) is 37.2 Å². The first-order chi connectivity index (χ1) is 12.5. The smallest absolute Gasteiger partial charge is 0.243 e. The number of nitrogens with one attached hydrogen (secondary N) is 1. The van der Waals surface area contributed by atoms with Gasteiger partial charge in [0.05, 0.1) is 18.1 Å². The van der Waals surface area contributed by atoms with Gasteiger partial charge in [-0.2, -0.15) is 4.31 Å². The number of hydrogen-bond donors (Lipinski definition) is 1. The fraction of sp³-hybridized carbons (Fsp3) is 0.611. The van der Waals surface area contributed by atoms with E-state index in [-0.39, 0.29) is 0 Å². The molecule has 1 atom stereocenters. The largest absolute Gasteiger partial charge is 0.379 e. The lowest BCUT2D eigenvalue weighted by Gasteiger charge is -2.37. The standard InChI is InChI=1S/C18H27N3O3S2/c1-2-16-5-3-4-10-21(16)18(25)19-15-6-8-17(9-7-15)26(22,23)20-11-13-24-14-12-20/h6-9,16H,2-5,10-14H2,1H3,(H,19,25). The molecule has 2 aliphatic heterocycles. The van der Waals surface area contributed by atoms with Crippen molar-refractivity contribution in [1.82, 2.24) is 9.21 Å². The predicted molar refractivity (Wildman–Crippen MR) is 107 cm³/mol. The van der Waals surface area contributed by atoms with Gasteiger partial charge in [-0.25, -0.2) is 8.42 Å². The summed E-state index contributed by atoms with van der Waals surface area (Å²) in [6, 6.07) is 7.34. The number of nitrogens with zero attached hydrogens (tertiary/aromatic N) is 2. The van der Waals surface area contributed by atoms with Gasteiger partial charge >= 0.3 is 0 Å². The Kier molecular flexibility index (Phi) is 6.50. The number of sulfonamides is 1. The van der Waals surface area contributed by atoms with Crippen molar-refractivity contribution >= 4 is 33.0 Å². The van der Waals surface area contributed by atoms with Gasteiger partial charge in [0.2, 0.25) is 10.0 Å². The molecule has 1 unspecified atom stereocenters. The van der Waals surface area contributed by atoms with Crippen LogP contribution in [0.2, 0.25) is 0 Å². The van der Waals surface area contributed by atoms with Crippen molar-refractivity contribution in [3.8, 4) is 0 Å². The highest BCUT2D eigenvalue weighted by Gasteiger charge is 2.26. The molecule has 1 aromatic rings. The zero-order valence-corrected chi connectivity index (χ0v) is 16.8. The lowest BCUT2D eigenvalue weighted by molar-refractivity contribution is 0.0730. The van der Waals surface area contributed by atoms with Crippen molar-refractivity contribution < 1.29 is 13.2 Å². The zero-order valence-electron chi connectivity index (χ0n) is 15.2. The number of ether oxygens (including phenoxy) is 1. The Morgan fingerprint density at radius 1 is 1.19 bits per heavy atom. The normalized spacial score (nSPS) is 22.2. The molecular weight excluding hydrogens is 370 g/mol. The minimum Gasteiger partial charge on any atom is -0.379 e. The third-order valence-corrected chi connectivity index (χ3v) is 7.32. The first-order valence-corrected chi connectivity index (χ1v) is 11.1. The van der Waals surface area contributed by atoms with Gasteiger partial charge in [-0.05, 0) is 62.2 Å². The second-order valence-corrected chi connectivity index (χ2v) is 9.05. The Morgan fingerprint density at radius 2 is 1.88 bits per heavy atom. The Morgan fingerprint density at radius 3 is 2.54 bits per heavy atom. The molecular formula is C18H27N3O3S2. The fourth-order valence-corrected chi connectivity index (χ4v) is 5.30. The number of likely N-dealkylation sites (tertiary alicyclic amines) is 1. The van der Waals surface area contributed by atoms with Gasteiger partial charge in [0.15, 0.2) is 5.11 Å². The minimum absolute atomic E-state index is 0.306. The number of benzene rings is 1. The summed E-state index contributed by atoms with van der Waals surface area (Å²) in [5, 5.41) is 3.99. The van der Waals surface area contributed by atoms with Crippen molar-refractivity contribution in [3.05, 3.63) is 24.3 Å². The molecule has 2 heterocycles. The highest BCUT2D eigenvalue weighted by molar-refractivity contribution is 7.89. The van der Waals surface area contributed by atoms with Gasteiger partial charge in [0.1, 0.15) is 0 Å². The second kappa shape index (κ2) is 8.65. The molecule has 0 aromatic heterocycles. The quantitative estimate of drug-likeness (QED) is 0.788. The summed E-state index contributed by atoms with van der Waals surface area (Å²) >= 11 is 5.58. The molecule has 2 fully saturated rings. The molecule has 6 nitrogen and oxygen atoms in total. The molecule has 1 N–H and O–H groups in total. The van der Waals surface area contributed by atoms with Gasteiger partial charge < -0.3 is 15.0 Å². The van der Waals surface area contributed by atoms with E-state index in [0.717, 1.165) is 30.2 Å². The monoisotopic (exact) mass is 397 g/mol.